The van der Waals surface area contributed by atoms with Crippen LogP contribution in [0.5, 0.6) is 0 Å². The lowest BCUT2D eigenvalue weighted by molar-refractivity contribution is -0.143. The van der Waals surface area contributed by atoms with Crippen LogP contribution in [0.4, 0.5) is 0 Å². The second kappa shape index (κ2) is 13.6. The highest BCUT2D eigenvalue weighted by Gasteiger charge is 2.33. The van der Waals surface area contributed by atoms with E-state index in [2.05, 4.69) is 15.6 Å². The summed E-state index contributed by atoms with van der Waals surface area (Å²) in [6.45, 7) is 3.54. The fourth-order valence-electron chi connectivity index (χ4n) is 4.86. The van der Waals surface area contributed by atoms with Gasteiger partial charge in [0.25, 0.3) is 5.56 Å². The molecule has 2 amide bonds. The predicted molar refractivity (Wildman–Crippen MR) is 159 cm³/mol. The number of para-hydroxylation sites is 1. The smallest absolute Gasteiger partial charge is 0.329 e. The van der Waals surface area contributed by atoms with E-state index in [-0.39, 0.29) is 24.1 Å². The van der Waals surface area contributed by atoms with Crippen molar-refractivity contribution in [3.63, 3.8) is 0 Å². The minimum Gasteiger partial charge on any atom is -0.480 e. The molecule has 4 rings (SSSR count). The number of carbonyl (C=O) groups is 3. The number of aromatic amines is 1. The molecule has 0 spiro atoms. The molecule has 0 saturated heterocycles. The first kappa shape index (κ1) is 30.0. The van der Waals surface area contributed by atoms with Crippen molar-refractivity contribution in [2.45, 2.75) is 51.2 Å². The van der Waals surface area contributed by atoms with Gasteiger partial charge in [0, 0.05) is 12.8 Å². The van der Waals surface area contributed by atoms with Crippen LogP contribution in [0.2, 0.25) is 0 Å². The maximum absolute atomic E-state index is 14.0. The van der Waals surface area contributed by atoms with Gasteiger partial charge in [-0.3, -0.25) is 14.4 Å². The van der Waals surface area contributed by atoms with Crippen molar-refractivity contribution in [3.05, 3.63) is 117 Å². The summed E-state index contributed by atoms with van der Waals surface area (Å²) < 4.78 is 0.876. The normalized spacial score (nSPS) is 14.0. The van der Waals surface area contributed by atoms with Crippen molar-refractivity contribution in [1.82, 2.24) is 20.2 Å². The lowest BCUT2D eigenvalue weighted by Crippen LogP contribution is -2.56. The van der Waals surface area contributed by atoms with E-state index in [0.717, 1.165) is 10.1 Å². The van der Waals surface area contributed by atoms with E-state index in [1.54, 1.807) is 79.7 Å². The number of rotatable bonds is 12. The van der Waals surface area contributed by atoms with Crippen molar-refractivity contribution >= 4 is 28.7 Å². The number of carboxylic acid groups (broad SMARTS) is 1. The highest BCUT2D eigenvalue weighted by Crippen LogP contribution is 2.16. The van der Waals surface area contributed by atoms with Gasteiger partial charge in [-0.15, -0.1) is 0 Å². The van der Waals surface area contributed by atoms with E-state index in [1.165, 1.54) is 0 Å². The average molecular weight is 571 g/mol. The number of aromatic nitrogens is 2. The van der Waals surface area contributed by atoms with Gasteiger partial charge in [0.1, 0.15) is 18.1 Å². The summed E-state index contributed by atoms with van der Waals surface area (Å²) in [7, 11) is 0. The van der Waals surface area contributed by atoms with E-state index < -0.39 is 47.2 Å². The standard InChI is InChI=1S/C32H34N4O6/c1-3-20(2)27(31(40)41)35-28(37)25(18-21-12-6-4-7-13-21)33-29(38)26(19-22-14-8-5-9-15-22)36-30(39)23-16-10-11-17-24(23)34-32(36)42/h4-17,20,25-27H,3,18-19H2,1-2H3,(H,33,38)(H,34,42)(H,35,37)(H,40,41)/t20-,25-,26-,27-/m0/s1. The van der Waals surface area contributed by atoms with Crippen molar-refractivity contribution in [1.29, 1.82) is 0 Å². The summed E-state index contributed by atoms with van der Waals surface area (Å²) in [5, 5.41) is 15.3. The number of nitrogens with one attached hydrogen (secondary N) is 3. The number of carbonyl (C=O) groups excluding carboxylic acids is 2. The molecule has 0 radical (unpaired) electrons. The topological polar surface area (TPSA) is 150 Å². The lowest BCUT2D eigenvalue weighted by atomic mass is 9.97. The maximum atomic E-state index is 14.0. The molecule has 1 heterocycles. The van der Waals surface area contributed by atoms with Gasteiger partial charge in [-0.05, 0) is 29.2 Å². The van der Waals surface area contributed by atoms with Crippen LogP contribution in [0.3, 0.4) is 0 Å². The number of amides is 2. The third-order valence-electron chi connectivity index (χ3n) is 7.42. The molecule has 0 aliphatic heterocycles. The molecule has 0 unspecified atom stereocenters. The molecule has 1 aromatic heterocycles. The largest absolute Gasteiger partial charge is 0.480 e. The fourth-order valence-corrected chi connectivity index (χ4v) is 4.86. The number of aliphatic carboxylic acids is 1. The van der Waals surface area contributed by atoms with Gasteiger partial charge in [0.15, 0.2) is 0 Å². The van der Waals surface area contributed by atoms with Crippen LogP contribution in [0, 0.1) is 5.92 Å². The minimum absolute atomic E-state index is 0.00169. The lowest BCUT2D eigenvalue weighted by Gasteiger charge is -2.26. The summed E-state index contributed by atoms with van der Waals surface area (Å²) in [6, 6.07) is 20.8. The van der Waals surface area contributed by atoms with Gasteiger partial charge in [-0.25, -0.2) is 14.2 Å². The molecule has 0 bridgehead atoms. The number of hydrogen-bond acceptors (Lipinski definition) is 5. The third-order valence-corrected chi connectivity index (χ3v) is 7.42. The Hall–Kier alpha value is -4.99. The van der Waals surface area contributed by atoms with Crippen LogP contribution in [-0.2, 0) is 27.2 Å². The Bertz CT molecular complexity index is 1670. The van der Waals surface area contributed by atoms with E-state index >= 15 is 0 Å². The monoisotopic (exact) mass is 570 g/mol. The van der Waals surface area contributed by atoms with E-state index in [1.807, 2.05) is 19.1 Å². The highest BCUT2D eigenvalue weighted by atomic mass is 16.4. The zero-order chi connectivity index (χ0) is 30.2. The first-order valence-corrected chi connectivity index (χ1v) is 13.8. The van der Waals surface area contributed by atoms with Crippen LogP contribution < -0.4 is 21.9 Å². The molecule has 0 saturated carbocycles. The second-order valence-corrected chi connectivity index (χ2v) is 10.3. The van der Waals surface area contributed by atoms with Crippen LogP contribution in [0.1, 0.15) is 37.4 Å². The van der Waals surface area contributed by atoms with Crippen LogP contribution in [-0.4, -0.2) is 44.5 Å². The SMILES string of the molecule is CC[C@H](C)[C@H](NC(=O)[C@H](Cc1ccccc1)NC(=O)[C@H](Cc1ccccc1)n1c(=O)[nH]c2ccccc2c1=O)C(=O)O. The van der Waals surface area contributed by atoms with Gasteiger partial charge < -0.3 is 20.7 Å². The number of benzene rings is 3. The minimum atomic E-state index is -1.30. The molecule has 4 N–H and O–H groups in total. The summed E-state index contributed by atoms with van der Waals surface area (Å²) in [6.07, 6.45) is 0.574. The Kier molecular flexibility index (Phi) is 9.69. The Morgan fingerprint density at radius 2 is 1.38 bits per heavy atom. The fraction of sp³-hybridized carbons (Fsp3) is 0.281. The van der Waals surface area contributed by atoms with Gasteiger partial charge in [-0.2, -0.15) is 0 Å². The summed E-state index contributed by atoms with van der Waals surface area (Å²) in [4.78, 5) is 68.9. The summed E-state index contributed by atoms with van der Waals surface area (Å²) in [5.74, 6) is -2.95. The number of fused-ring (bicyclic) bond motifs is 1. The highest BCUT2D eigenvalue weighted by molar-refractivity contribution is 5.92. The van der Waals surface area contributed by atoms with Crippen molar-refractivity contribution in [2.24, 2.45) is 5.92 Å². The van der Waals surface area contributed by atoms with Crippen LogP contribution in [0.25, 0.3) is 10.9 Å². The first-order valence-electron chi connectivity index (χ1n) is 13.8. The summed E-state index contributed by atoms with van der Waals surface area (Å²) >= 11 is 0. The zero-order valence-corrected chi connectivity index (χ0v) is 23.4. The molecule has 4 atom stereocenters. The summed E-state index contributed by atoms with van der Waals surface area (Å²) in [5.41, 5.74) is 0.366. The van der Waals surface area contributed by atoms with Crippen LogP contribution >= 0.6 is 0 Å². The molecule has 10 heteroatoms. The molecule has 0 aliphatic carbocycles. The van der Waals surface area contributed by atoms with Crippen molar-refractivity contribution in [2.75, 3.05) is 0 Å². The van der Waals surface area contributed by atoms with E-state index in [4.69, 9.17) is 0 Å². The molecule has 42 heavy (non-hydrogen) atoms. The molecule has 3 aromatic carbocycles. The Morgan fingerprint density at radius 3 is 1.98 bits per heavy atom. The van der Waals surface area contributed by atoms with E-state index in [9.17, 15) is 29.1 Å². The maximum Gasteiger partial charge on any atom is 0.329 e. The number of hydrogen-bond donors (Lipinski definition) is 4. The van der Waals surface area contributed by atoms with Crippen LogP contribution in [0.15, 0.2) is 94.5 Å². The van der Waals surface area contributed by atoms with Gasteiger partial charge in [0.2, 0.25) is 11.8 Å². The van der Waals surface area contributed by atoms with Crippen molar-refractivity contribution in [3.8, 4) is 0 Å². The number of H-pyrrole nitrogens is 1. The van der Waals surface area contributed by atoms with Gasteiger partial charge in [0.05, 0.1) is 10.9 Å². The molecule has 4 aromatic rings. The molecule has 218 valence electrons. The number of carboxylic acids is 1. The third kappa shape index (κ3) is 7.01. The zero-order valence-electron chi connectivity index (χ0n) is 23.4. The Labute approximate surface area is 242 Å². The van der Waals surface area contributed by atoms with Gasteiger partial charge in [-0.1, -0.05) is 93.1 Å². The van der Waals surface area contributed by atoms with E-state index in [0.29, 0.717) is 17.5 Å². The second-order valence-electron chi connectivity index (χ2n) is 10.3. The first-order chi connectivity index (χ1) is 20.2. The number of nitrogens with zero attached hydrogens (tertiary/aromatic N) is 1. The molecule has 0 fully saturated rings. The average Bonchev–Trinajstić information content (AvgIpc) is 2.99. The van der Waals surface area contributed by atoms with Crippen molar-refractivity contribution < 1.29 is 19.5 Å². The Morgan fingerprint density at radius 1 is 0.810 bits per heavy atom. The molecular formula is C32H34N4O6. The predicted octanol–water partition coefficient (Wildman–Crippen LogP) is 2.82. The molecule has 0 aliphatic rings. The van der Waals surface area contributed by atoms with Gasteiger partial charge >= 0.3 is 11.7 Å². The molecular weight excluding hydrogens is 536 g/mol. The molecule has 10 nitrogen and oxygen atoms in total. The quantitative estimate of drug-likeness (QED) is 0.206. The Balaban J connectivity index is 1.74.